The molecule has 12 nitrogen and oxygen atoms in total. The van der Waals surface area contributed by atoms with E-state index in [0.717, 1.165) is 19.3 Å². The van der Waals surface area contributed by atoms with Gasteiger partial charge >= 0.3 is 5.97 Å². The number of ketones is 4. The van der Waals surface area contributed by atoms with E-state index in [1.807, 2.05) is 0 Å². The number of aromatic amines is 1. The van der Waals surface area contributed by atoms with E-state index in [-0.39, 0.29) is 40.5 Å². The number of carbonyl (C=O) groups is 5. The third-order valence-corrected chi connectivity index (χ3v) is 7.82. The molecule has 6 rings (SSSR count). The number of hydrogen-bond acceptors (Lipinski definition) is 10. The molecule has 3 unspecified atom stereocenters. The standard InChI is InChI=1S/C26H17NO11/c1-38-11-6-10(28)13-14(18(11)29)20(31)16-15(19(13)30)22(33)26(23(16)34)3-2-7-4-8-5-9(25(36)37)27-24(35)12(8)21(32)17(7)26/h4-6,14,20,30-32H,2-3H2,1H3,(H,27,35)(H,36,37). The fourth-order valence-electron chi connectivity index (χ4n) is 6.20. The van der Waals surface area contributed by atoms with Crippen LogP contribution >= 0.6 is 0 Å². The summed E-state index contributed by atoms with van der Waals surface area (Å²) in [4.78, 5) is 79.7. The highest BCUT2D eigenvalue weighted by Gasteiger charge is 2.64. The summed E-state index contributed by atoms with van der Waals surface area (Å²) >= 11 is 0. The number of phenolic OH excluding ortho intramolecular Hbond substituents is 1. The van der Waals surface area contributed by atoms with Crippen molar-refractivity contribution in [2.75, 3.05) is 7.11 Å². The van der Waals surface area contributed by atoms with Crippen molar-refractivity contribution in [1.82, 2.24) is 4.98 Å². The maximum Gasteiger partial charge on any atom is 0.352 e. The monoisotopic (exact) mass is 519 g/mol. The Kier molecular flexibility index (Phi) is 4.56. The molecule has 0 radical (unpaired) electrons. The van der Waals surface area contributed by atoms with Gasteiger partial charge < -0.3 is 30.1 Å². The number of nitrogens with one attached hydrogen (secondary N) is 1. The van der Waals surface area contributed by atoms with Gasteiger partial charge in [0.25, 0.3) is 5.56 Å². The van der Waals surface area contributed by atoms with Gasteiger partial charge in [0.2, 0.25) is 5.78 Å². The summed E-state index contributed by atoms with van der Waals surface area (Å²) in [5.74, 6) is -8.82. The molecular weight excluding hydrogens is 502 g/mol. The zero-order valence-corrected chi connectivity index (χ0v) is 19.4. The molecule has 5 N–H and O–H groups in total. The lowest BCUT2D eigenvalue weighted by atomic mass is 9.73. The number of hydrogen-bond donors (Lipinski definition) is 5. The Balaban J connectivity index is 1.58. The molecule has 38 heavy (non-hydrogen) atoms. The average Bonchev–Trinajstić information content (AvgIpc) is 3.36. The van der Waals surface area contributed by atoms with Gasteiger partial charge in [-0.25, -0.2) is 4.79 Å². The van der Waals surface area contributed by atoms with Gasteiger partial charge in [-0.15, -0.1) is 0 Å². The first-order valence-electron chi connectivity index (χ1n) is 11.4. The summed E-state index contributed by atoms with van der Waals surface area (Å²) in [6.45, 7) is 0. The lowest BCUT2D eigenvalue weighted by Crippen LogP contribution is -2.43. The number of carbonyl (C=O) groups excluding carboxylic acids is 4. The van der Waals surface area contributed by atoms with Crippen LogP contribution in [0.5, 0.6) is 5.75 Å². The SMILES string of the molecule is COC1=CC(=O)C2=C(O)C3=C(C(=O)C4(CCc5cc6cc(C(=O)O)[nH]c(=O)c6c(O)c54)C3=O)C(O)C2C1=O. The number of aliphatic hydroxyl groups is 2. The lowest BCUT2D eigenvalue weighted by Gasteiger charge is -2.31. The number of H-pyrrole nitrogens is 1. The molecule has 0 amide bonds. The van der Waals surface area contributed by atoms with Crippen LogP contribution < -0.4 is 5.56 Å². The smallest absolute Gasteiger partial charge is 0.352 e. The number of carboxylic acids is 1. The number of aryl methyl sites for hydroxylation is 1. The van der Waals surface area contributed by atoms with E-state index in [0.29, 0.717) is 0 Å². The van der Waals surface area contributed by atoms with Crippen LogP contribution in [0.4, 0.5) is 0 Å². The Morgan fingerprint density at radius 2 is 1.79 bits per heavy atom. The molecule has 2 aromatic rings. The van der Waals surface area contributed by atoms with Gasteiger partial charge in [-0.3, -0.25) is 24.0 Å². The summed E-state index contributed by atoms with van der Waals surface area (Å²) in [7, 11) is 1.13. The van der Waals surface area contributed by atoms with E-state index in [4.69, 9.17) is 4.74 Å². The topological polar surface area (TPSA) is 208 Å². The van der Waals surface area contributed by atoms with E-state index in [1.165, 1.54) is 6.07 Å². The van der Waals surface area contributed by atoms with Gasteiger partial charge in [0.05, 0.1) is 35.7 Å². The molecule has 1 spiro atoms. The average molecular weight is 519 g/mol. The lowest BCUT2D eigenvalue weighted by molar-refractivity contribution is -0.129. The molecule has 192 valence electrons. The number of aromatic carboxylic acids is 1. The largest absolute Gasteiger partial charge is 0.507 e. The van der Waals surface area contributed by atoms with Crippen molar-refractivity contribution in [3.05, 3.63) is 73.6 Å². The molecular formula is C26H17NO11. The van der Waals surface area contributed by atoms with Gasteiger partial charge in [-0.1, -0.05) is 6.07 Å². The van der Waals surface area contributed by atoms with Crippen molar-refractivity contribution in [2.45, 2.75) is 24.4 Å². The van der Waals surface area contributed by atoms with Crippen molar-refractivity contribution in [3.63, 3.8) is 0 Å². The number of aromatic hydroxyl groups is 1. The van der Waals surface area contributed by atoms with Gasteiger partial charge in [-0.2, -0.15) is 0 Å². The number of carboxylic acid groups (broad SMARTS) is 1. The quantitative estimate of drug-likeness (QED) is 0.335. The Morgan fingerprint density at radius 1 is 1.08 bits per heavy atom. The molecule has 1 aromatic carbocycles. The normalized spacial score (nSPS) is 26.2. The van der Waals surface area contributed by atoms with Gasteiger partial charge in [0, 0.05) is 17.2 Å². The fraction of sp³-hybridized carbons (Fsp3) is 0.231. The first-order chi connectivity index (χ1) is 17.9. The summed E-state index contributed by atoms with van der Waals surface area (Å²) < 4.78 is 4.90. The molecule has 1 heterocycles. The molecule has 0 aliphatic heterocycles. The molecule has 0 bridgehead atoms. The van der Waals surface area contributed by atoms with Crippen LogP contribution in [-0.2, 0) is 35.8 Å². The van der Waals surface area contributed by atoms with Crippen molar-refractivity contribution < 1.29 is 49.1 Å². The minimum absolute atomic E-state index is 0.0518. The number of methoxy groups -OCH3 is 1. The number of benzene rings is 1. The summed E-state index contributed by atoms with van der Waals surface area (Å²) in [5, 5.41) is 42.3. The van der Waals surface area contributed by atoms with E-state index < -0.39 is 86.0 Å². The molecule has 0 saturated heterocycles. The van der Waals surface area contributed by atoms with Gasteiger partial charge in [0.15, 0.2) is 23.1 Å². The summed E-state index contributed by atoms with van der Waals surface area (Å²) in [5.41, 5.74) is -5.18. The highest BCUT2D eigenvalue weighted by atomic mass is 16.5. The minimum Gasteiger partial charge on any atom is -0.507 e. The fourth-order valence-corrected chi connectivity index (χ4v) is 6.20. The van der Waals surface area contributed by atoms with Crippen LogP contribution in [0, 0.1) is 5.92 Å². The summed E-state index contributed by atoms with van der Waals surface area (Å²) in [6.07, 6.45) is -1.30. The van der Waals surface area contributed by atoms with E-state index in [1.54, 1.807) is 0 Å². The van der Waals surface area contributed by atoms with Crippen LogP contribution in [0.15, 0.2) is 51.2 Å². The Morgan fingerprint density at radius 3 is 2.45 bits per heavy atom. The maximum atomic E-state index is 13.9. The third-order valence-electron chi connectivity index (χ3n) is 7.82. The van der Waals surface area contributed by atoms with Gasteiger partial charge in [-0.05, 0) is 29.9 Å². The van der Waals surface area contributed by atoms with Crippen molar-refractivity contribution in [2.24, 2.45) is 5.92 Å². The maximum absolute atomic E-state index is 13.9. The number of aliphatic hydroxyl groups excluding tert-OH is 2. The zero-order valence-electron chi connectivity index (χ0n) is 19.4. The second-order valence-corrected chi connectivity index (χ2v) is 9.52. The van der Waals surface area contributed by atoms with E-state index in [2.05, 4.69) is 4.98 Å². The highest BCUT2D eigenvalue weighted by Crippen LogP contribution is 2.56. The number of allylic oxidation sites excluding steroid dienone is 3. The van der Waals surface area contributed by atoms with Crippen molar-refractivity contribution >= 4 is 39.9 Å². The first-order valence-corrected chi connectivity index (χ1v) is 11.4. The highest BCUT2D eigenvalue weighted by molar-refractivity contribution is 6.36. The van der Waals surface area contributed by atoms with E-state index >= 15 is 0 Å². The molecule has 1 aromatic heterocycles. The summed E-state index contributed by atoms with van der Waals surface area (Å²) in [6, 6.07) is 2.53. The first kappa shape index (κ1) is 23.6. The second-order valence-electron chi connectivity index (χ2n) is 9.52. The third kappa shape index (κ3) is 2.56. The number of phenols is 1. The number of aromatic nitrogens is 1. The van der Waals surface area contributed by atoms with Crippen LogP contribution in [0.25, 0.3) is 10.8 Å². The van der Waals surface area contributed by atoms with Crippen LogP contribution in [0.2, 0.25) is 0 Å². The van der Waals surface area contributed by atoms with Gasteiger partial charge in [0.1, 0.15) is 22.6 Å². The predicted molar refractivity (Wildman–Crippen MR) is 124 cm³/mol. The molecule has 3 atom stereocenters. The van der Waals surface area contributed by atoms with Crippen LogP contribution in [-0.4, -0.2) is 67.7 Å². The number of Topliss-reactive ketones (excluding diaryl/α,β-unsaturated/α-hetero) is 3. The molecule has 4 aliphatic carbocycles. The molecule has 4 aliphatic rings. The number of ether oxygens (including phenoxy) is 1. The minimum atomic E-state index is -2.14. The van der Waals surface area contributed by atoms with Crippen molar-refractivity contribution in [3.8, 4) is 5.75 Å². The number of rotatable bonds is 2. The second kappa shape index (κ2) is 7.35. The number of fused-ring (bicyclic) bond motifs is 4. The molecule has 0 saturated carbocycles. The predicted octanol–water partition coefficient (Wildman–Crippen LogP) is 0.0492. The molecule has 0 fully saturated rings. The Labute approximate surface area is 211 Å². The Bertz CT molecular complexity index is 1770. The zero-order chi connectivity index (χ0) is 27.4. The number of pyridine rings is 1. The van der Waals surface area contributed by atoms with Crippen molar-refractivity contribution in [1.29, 1.82) is 0 Å². The Hall–Kier alpha value is -4.84. The molecule has 12 heteroatoms. The van der Waals surface area contributed by atoms with E-state index in [9.17, 15) is 49.2 Å². The van der Waals surface area contributed by atoms with Crippen LogP contribution in [0.3, 0.4) is 0 Å². The van der Waals surface area contributed by atoms with Crippen LogP contribution in [0.1, 0.15) is 28.0 Å².